The second-order valence-corrected chi connectivity index (χ2v) is 5.86. The molecule has 0 spiro atoms. The second kappa shape index (κ2) is 6.27. The first-order chi connectivity index (χ1) is 9.49. The van der Waals surface area contributed by atoms with Gasteiger partial charge in [-0.3, -0.25) is 4.79 Å². The van der Waals surface area contributed by atoms with Crippen molar-refractivity contribution in [3.05, 3.63) is 29.3 Å². The van der Waals surface area contributed by atoms with Crippen molar-refractivity contribution in [3.63, 3.8) is 0 Å². The van der Waals surface area contributed by atoms with Gasteiger partial charge < -0.3 is 14.9 Å². The van der Waals surface area contributed by atoms with Crippen molar-refractivity contribution in [2.75, 3.05) is 27.2 Å². The van der Waals surface area contributed by atoms with Crippen LogP contribution in [0.1, 0.15) is 35.2 Å². The van der Waals surface area contributed by atoms with E-state index in [2.05, 4.69) is 19.0 Å². The average Bonchev–Trinajstić information content (AvgIpc) is 2.66. The summed E-state index contributed by atoms with van der Waals surface area (Å²) >= 11 is 0. The first kappa shape index (κ1) is 14.9. The molecule has 1 aliphatic rings. The number of benzene rings is 1. The zero-order chi connectivity index (χ0) is 14.7. The van der Waals surface area contributed by atoms with Gasteiger partial charge in [0.2, 0.25) is 0 Å². The number of hydrogen-bond donors (Lipinski definition) is 1. The Kier molecular flexibility index (Phi) is 4.65. The maximum absolute atomic E-state index is 12.7. The van der Waals surface area contributed by atoms with Gasteiger partial charge in [-0.2, -0.15) is 0 Å². The SMILES string of the molecule is Cc1ccc(O)cc1C(=O)N1CCCCC(N(C)C)C1. The summed E-state index contributed by atoms with van der Waals surface area (Å²) in [7, 11) is 4.14. The molecule has 0 aromatic heterocycles. The summed E-state index contributed by atoms with van der Waals surface area (Å²) in [4.78, 5) is 16.8. The first-order valence-electron chi connectivity index (χ1n) is 7.24. The van der Waals surface area contributed by atoms with Crippen LogP contribution >= 0.6 is 0 Å². The van der Waals surface area contributed by atoms with Gasteiger partial charge >= 0.3 is 0 Å². The van der Waals surface area contributed by atoms with Crippen LogP contribution in [-0.2, 0) is 0 Å². The number of hydrogen-bond acceptors (Lipinski definition) is 3. The fourth-order valence-electron chi connectivity index (χ4n) is 2.74. The Bertz CT molecular complexity index is 485. The third-order valence-electron chi connectivity index (χ3n) is 4.12. The molecular weight excluding hydrogens is 252 g/mol. The van der Waals surface area contributed by atoms with Crippen LogP contribution in [0.5, 0.6) is 5.75 Å². The van der Waals surface area contributed by atoms with Crippen LogP contribution in [0.3, 0.4) is 0 Å². The number of carbonyl (C=O) groups is 1. The van der Waals surface area contributed by atoms with E-state index in [1.807, 2.05) is 11.8 Å². The molecular formula is C16H24N2O2. The molecule has 1 fully saturated rings. The Morgan fingerprint density at radius 1 is 1.35 bits per heavy atom. The number of rotatable bonds is 2. The topological polar surface area (TPSA) is 43.8 Å². The summed E-state index contributed by atoms with van der Waals surface area (Å²) in [6.07, 6.45) is 3.34. The van der Waals surface area contributed by atoms with E-state index < -0.39 is 0 Å². The van der Waals surface area contributed by atoms with Crippen molar-refractivity contribution in [2.45, 2.75) is 32.2 Å². The largest absolute Gasteiger partial charge is 0.508 e. The number of aromatic hydroxyl groups is 1. The minimum Gasteiger partial charge on any atom is -0.508 e. The van der Waals surface area contributed by atoms with E-state index >= 15 is 0 Å². The van der Waals surface area contributed by atoms with Gasteiger partial charge in [0.1, 0.15) is 5.75 Å². The lowest BCUT2D eigenvalue weighted by atomic mass is 10.1. The Hall–Kier alpha value is -1.55. The van der Waals surface area contributed by atoms with Gasteiger partial charge in [-0.05, 0) is 51.6 Å². The molecule has 1 amide bonds. The second-order valence-electron chi connectivity index (χ2n) is 5.86. The van der Waals surface area contributed by atoms with Crippen molar-refractivity contribution in [3.8, 4) is 5.75 Å². The molecule has 1 atom stereocenters. The van der Waals surface area contributed by atoms with E-state index in [4.69, 9.17) is 0 Å². The summed E-state index contributed by atoms with van der Waals surface area (Å²) in [5.74, 6) is 0.185. The predicted octanol–water partition coefficient (Wildman–Crippen LogP) is 2.26. The Morgan fingerprint density at radius 2 is 2.10 bits per heavy atom. The van der Waals surface area contributed by atoms with Gasteiger partial charge in [0.25, 0.3) is 5.91 Å². The van der Waals surface area contributed by atoms with Crippen LogP contribution < -0.4 is 0 Å². The highest BCUT2D eigenvalue weighted by atomic mass is 16.3. The molecule has 1 N–H and O–H groups in total. The van der Waals surface area contributed by atoms with Crippen molar-refractivity contribution >= 4 is 5.91 Å². The smallest absolute Gasteiger partial charge is 0.254 e. The molecule has 110 valence electrons. The molecule has 1 aromatic rings. The maximum Gasteiger partial charge on any atom is 0.254 e. The average molecular weight is 276 g/mol. The summed E-state index contributed by atoms with van der Waals surface area (Å²) < 4.78 is 0. The van der Waals surface area contributed by atoms with E-state index in [0.717, 1.165) is 37.9 Å². The summed E-state index contributed by atoms with van der Waals surface area (Å²) in [6, 6.07) is 5.41. The molecule has 0 radical (unpaired) electrons. The molecule has 1 aliphatic heterocycles. The number of carbonyl (C=O) groups excluding carboxylic acids is 1. The molecule has 1 unspecified atom stereocenters. The van der Waals surface area contributed by atoms with Crippen LogP contribution in [0, 0.1) is 6.92 Å². The molecule has 0 saturated carbocycles. The van der Waals surface area contributed by atoms with Crippen molar-refractivity contribution in [1.82, 2.24) is 9.80 Å². The van der Waals surface area contributed by atoms with Gasteiger partial charge in [0.15, 0.2) is 0 Å². The zero-order valence-electron chi connectivity index (χ0n) is 12.6. The maximum atomic E-state index is 12.7. The summed E-state index contributed by atoms with van der Waals surface area (Å²) in [5, 5.41) is 9.60. The molecule has 0 bridgehead atoms. The number of amides is 1. The number of aryl methyl sites for hydroxylation is 1. The Labute approximate surface area is 121 Å². The predicted molar refractivity (Wildman–Crippen MR) is 80.1 cm³/mol. The quantitative estimate of drug-likeness (QED) is 0.901. The van der Waals surface area contributed by atoms with Gasteiger partial charge in [0.05, 0.1) is 0 Å². The van der Waals surface area contributed by atoms with E-state index in [1.54, 1.807) is 18.2 Å². The van der Waals surface area contributed by atoms with Gasteiger partial charge in [-0.15, -0.1) is 0 Å². The molecule has 2 rings (SSSR count). The molecule has 0 aliphatic carbocycles. The first-order valence-corrected chi connectivity index (χ1v) is 7.24. The minimum absolute atomic E-state index is 0.0344. The van der Waals surface area contributed by atoms with Crippen LogP contribution in [0.15, 0.2) is 18.2 Å². The summed E-state index contributed by atoms with van der Waals surface area (Å²) in [5.41, 5.74) is 1.53. The third kappa shape index (κ3) is 3.31. The number of likely N-dealkylation sites (tertiary alicyclic amines) is 1. The molecule has 20 heavy (non-hydrogen) atoms. The van der Waals surface area contributed by atoms with Crippen LogP contribution in [0.25, 0.3) is 0 Å². The van der Waals surface area contributed by atoms with E-state index in [-0.39, 0.29) is 11.7 Å². The van der Waals surface area contributed by atoms with Crippen LogP contribution in [-0.4, -0.2) is 54.0 Å². The zero-order valence-corrected chi connectivity index (χ0v) is 12.6. The molecule has 4 heteroatoms. The monoisotopic (exact) mass is 276 g/mol. The highest BCUT2D eigenvalue weighted by Gasteiger charge is 2.24. The fourth-order valence-corrected chi connectivity index (χ4v) is 2.74. The lowest BCUT2D eigenvalue weighted by Crippen LogP contribution is -2.42. The lowest BCUT2D eigenvalue weighted by molar-refractivity contribution is 0.0724. The third-order valence-corrected chi connectivity index (χ3v) is 4.12. The van der Waals surface area contributed by atoms with E-state index in [1.165, 1.54) is 0 Å². The molecule has 1 aromatic carbocycles. The Morgan fingerprint density at radius 3 is 2.80 bits per heavy atom. The number of likely N-dealkylation sites (N-methyl/N-ethyl adjacent to an activating group) is 1. The lowest BCUT2D eigenvalue weighted by Gasteiger charge is -2.29. The Balaban J connectivity index is 2.20. The number of phenols is 1. The normalized spacial score (nSPS) is 20.0. The van der Waals surface area contributed by atoms with Crippen molar-refractivity contribution < 1.29 is 9.90 Å². The number of phenolic OH excluding ortho intramolecular Hbond substituents is 1. The van der Waals surface area contributed by atoms with Gasteiger partial charge in [-0.25, -0.2) is 0 Å². The minimum atomic E-state index is 0.0344. The summed E-state index contributed by atoms with van der Waals surface area (Å²) in [6.45, 7) is 3.48. The highest BCUT2D eigenvalue weighted by molar-refractivity contribution is 5.96. The fraction of sp³-hybridized carbons (Fsp3) is 0.562. The van der Waals surface area contributed by atoms with Gasteiger partial charge in [-0.1, -0.05) is 12.5 Å². The molecule has 1 heterocycles. The number of nitrogens with zero attached hydrogens (tertiary/aromatic N) is 2. The van der Waals surface area contributed by atoms with Crippen LogP contribution in [0.4, 0.5) is 0 Å². The standard InChI is InChI=1S/C16H24N2O2/c1-12-7-8-14(19)10-15(12)16(20)18-9-5-4-6-13(11-18)17(2)3/h7-8,10,13,19H,4-6,9,11H2,1-3H3. The van der Waals surface area contributed by atoms with Crippen LogP contribution in [0.2, 0.25) is 0 Å². The highest BCUT2D eigenvalue weighted by Crippen LogP contribution is 2.21. The van der Waals surface area contributed by atoms with E-state index in [0.29, 0.717) is 11.6 Å². The molecule has 1 saturated heterocycles. The van der Waals surface area contributed by atoms with Gasteiger partial charge in [0, 0.05) is 24.7 Å². The van der Waals surface area contributed by atoms with E-state index in [9.17, 15) is 9.90 Å². The van der Waals surface area contributed by atoms with Crippen molar-refractivity contribution in [2.24, 2.45) is 0 Å². The molecule has 4 nitrogen and oxygen atoms in total. The van der Waals surface area contributed by atoms with Crippen molar-refractivity contribution in [1.29, 1.82) is 0 Å².